The first-order chi connectivity index (χ1) is 11.3. The van der Waals surface area contributed by atoms with Gasteiger partial charge < -0.3 is 5.32 Å². The molecule has 0 spiro atoms. The molecule has 0 unspecified atom stereocenters. The highest BCUT2D eigenvalue weighted by atomic mass is 35.5. The maximum Gasteiger partial charge on any atom is 0.264 e. The number of nitrogens with zero attached hydrogens (tertiary/aromatic N) is 1. The molecule has 0 radical (unpaired) electrons. The number of anilines is 1. The van der Waals surface area contributed by atoms with Gasteiger partial charge in [0.15, 0.2) is 0 Å². The van der Waals surface area contributed by atoms with Crippen LogP contribution in [0.4, 0.5) is 10.1 Å². The van der Waals surface area contributed by atoms with Crippen molar-refractivity contribution in [3.8, 4) is 0 Å². The zero-order valence-corrected chi connectivity index (χ0v) is 14.4. The molecule has 24 heavy (non-hydrogen) atoms. The zero-order chi connectivity index (χ0) is 17.9. The Morgan fingerprint density at radius 2 is 1.96 bits per heavy atom. The molecule has 1 N–H and O–H groups in total. The molecule has 1 amide bonds. The second-order valence-electron chi connectivity index (χ2n) is 4.71. The van der Waals surface area contributed by atoms with Gasteiger partial charge in [0.2, 0.25) is 0 Å². The van der Waals surface area contributed by atoms with Crippen molar-refractivity contribution in [2.75, 3.05) is 19.5 Å². The maximum absolute atomic E-state index is 13.1. The van der Waals surface area contributed by atoms with Gasteiger partial charge in [-0.3, -0.25) is 9.63 Å². The van der Waals surface area contributed by atoms with Crippen LogP contribution in [0.5, 0.6) is 0 Å². The average molecular weight is 373 g/mol. The lowest BCUT2D eigenvalue weighted by Crippen LogP contribution is -2.26. The Kier molecular flexibility index (Phi) is 5.55. The van der Waals surface area contributed by atoms with Gasteiger partial charge in [0.25, 0.3) is 15.9 Å². The maximum atomic E-state index is 13.1. The molecule has 0 fully saturated rings. The SMILES string of the molecule is CON(C)S(=O)(=O)c1cccc(C(=O)Nc2ccc(F)c(Cl)c2)c1. The molecule has 0 saturated heterocycles. The summed E-state index contributed by atoms with van der Waals surface area (Å²) < 4.78 is 38.2. The Morgan fingerprint density at radius 3 is 2.58 bits per heavy atom. The first-order valence-electron chi connectivity index (χ1n) is 6.65. The van der Waals surface area contributed by atoms with Crippen molar-refractivity contribution in [1.29, 1.82) is 0 Å². The number of nitrogens with one attached hydrogen (secondary N) is 1. The number of hydroxylamine groups is 1. The van der Waals surface area contributed by atoms with Crippen LogP contribution in [0.1, 0.15) is 10.4 Å². The van der Waals surface area contributed by atoms with Gasteiger partial charge in [-0.1, -0.05) is 22.1 Å². The minimum atomic E-state index is -3.87. The van der Waals surface area contributed by atoms with E-state index >= 15 is 0 Å². The first-order valence-corrected chi connectivity index (χ1v) is 8.47. The van der Waals surface area contributed by atoms with E-state index in [1.54, 1.807) is 0 Å². The largest absolute Gasteiger partial charge is 0.322 e. The lowest BCUT2D eigenvalue weighted by Gasteiger charge is -2.14. The van der Waals surface area contributed by atoms with E-state index in [0.29, 0.717) is 4.47 Å². The number of carbonyl (C=O) groups is 1. The third-order valence-corrected chi connectivity index (χ3v) is 5.13. The highest BCUT2D eigenvalue weighted by Crippen LogP contribution is 2.21. The standard InChI is InChI=1S/C15H14ClFN2O4S/c1-19(23-2)24(21,22)12-5-3-4-10(8-12)15(20)18-11-6-7-14(17)13(16)9-11/h3-9H,1-2H3,(H,18,20). The molecule has 0 heterocycles. The highest BCUT2D eigenvalue weighted by molar-refractivity contribution is 7.89. The molecule has 0 bridgehead atoms. The van der Waals surface area contributed by atoms with Crippen molar-refractivity contribution in [3.63, 3.8) is 0 Å². The third-order valence-electron chi connectivity index (χ3n) is 3.17. The van der Waals surface area contributed by atoms with Gasteiger partial charge in [-0.05, 0) is 36.4 Å². The second-order valence-corrected chi connectivity index (χ2v) is 7.05. The summed E-state index contributed by atoms with van der Waals surface area (Å²) in [6.45, 7) is 0. The summed E-state index contributed by atoms with van der Waals surface area (Å²) in [5, 5.41) is 2.38. The van der Waals surface area contributed by atoms with Crippen LogP contribution in [-0.2, 0) is 14.9 Å². The molecular formula is C15H14ClFN2O4S. The molecule has 0 aromatic heterocycles. The van der Waals surface area contributed by atoms with E-state index < -0.39 is 21.7 Å². The lowest BCUT2D eigenvalue weighted by atomic mass is 10.2. The fourth-order valence-corrected chi connectivity index (χ4v) is 3.02. The van der Waals surface area contributed by atoms with Gasteiger partial charge in [-0.2, -0.15) is 0 Å². The fourth-order valence-electron chi connectivity index (χ4n) is 1.82. The summed E-state index contributed by atoms with van der Waals surface area (Å²) in [5.41, 5.74) is 0.398. The van der Waals surface area contributed by atoms with Gasteiger partial charge in [-0.15, -0.1) is 0 Å². The van der Waals surface area contributed by atoms with Crippen molar-refractivity contribution in [2.24, 2.45) is 0 Å². The Morgan fingerprint density at radius 1 is 1.25 bits per heavy atom. The summed E-state index contributed by atoms with van der Waals surface area (Å²) in [6, 6.07) is 9.16. The molecule has 0 saturated carbocycles. The predicted octanol–water partition coefficient (Wildman–Crippen LogP) is 2.91. The number of amides is 1. The van der Waals surface area contributed by atoms with Crippen LogP contribution in [0.3, 0.4) is 0 Å². The molecule has 2 rings (SSSR count). The minimum Gasteiger partial charge on any atom is -0.322 e. The molecular weight excluding hydrogens is 359 g/mol. The van der Waals surface area contributed by atoms with Gasteiger partial charge >= 0.3 is 0 Å². The van der Waals surface area contributed by atoms with E-state index in [2.05, 4.69) is 10.2 Å². The Bertz CT molecular complexity index is 874. The average Bonchev–Trinajstić information content (AvgIpc) is 2.57. The van der Waals surface area contributed by atoms with Gasteiger partial charge in [-0.25, -0.2) is 12.8 Å². The van der Waals surface area contributed by atoms with Crippen molar-refractivity contribution in [2.45, 2.75) is 4.90 Å². The topological polar surface area (TPSA) is 75.7 Å². The number of benzene rings is 2. The van der Waals surface area contributed by atoms with Gasteiger partial charge in [0.1, 0.15) is 5.82 Å². The van der Waals surface area contributed by atoms with Crippen molar-refractivity contribution < 1.29 is 22.4 Å². The van der Waals surface area contributed by atoms with E-state index in [1.165, 1.54) is 50.6 Å². The molecule has 0 aliphatic rings. The highest BCUT2D eigenvalue weighted by Gasteiger charge is 2.22. The molecule has 2 aromatic carbocycles. The van der Waals surface area contributed by atoms with E-state index in [0.717, 1.165) is 6.07 Å². The number of hydrogen-bond donors (Lipinski definition) is 1. The monoisotopic (exact) mass is 372 g/mol. The van der Waals surface area contributed by atoms with Gasteiger partial charge in [0, 0.05) is 18.3 Å². The lowest BCUT2D eigenvalue weighted by molar-refractivity contribution is -0.0258. The summed E-state index contributed by atoms with van der Waals surface area (Å²) in [4.78, 5) is 16.8. The molecule has 128 valence electrons. The van der Waals surface area contributed by atoms with E-state index in [4.69, 9.17) is 11.6 Å². The van der Waals surface area contributed by atoms with Crippen molar-refractivity contribution >= 4 is 33.2 Å². The first kappa shape index (κ1) is 18.3. The van der Waals surface area contributed by atoms with Crippen LogP contribution in [-0.4, -0.2) is 33.0 Å². The number of rotatable bonds is 5. The second kappa shape index (κ2) is 7.27. The Labute approximate surface area is 143 Å². The predicted molar refractivity (Wildman–Crippen MR) is 87.8 cm³/mol. The Balaban J connectivity index is 2.28. The summed E-state index contributed by atoms with van der Waals surface area (Å²) >= 11 is 5.65. The molecule has 0 atom stereocenters. The summed E-state index contributed by atoms with van der Waals surface area (Å²) in [6.07, 6.45) is 0. The molecule has 0 aliphatic heterocycles. The van der Waals surface area contributed by atoms with Crippen LogP contribution in [0.15, 0.2) is 47.4 Å². The number of sulfonamides is 1. The van der Waals surface area contributed by atoms with Crippen LogP contribution in [0, 0.1) is 5.82 Å². The zero-order valence-electron chi connectivity index (χ0n) is 12.8. The van der Waals surface area contributed by atoms with E-state index in [9.17, 15) is 17.6 Å². The van der Waals surface area contributed by atoms with Crippen LogP contribution >= 0.6 is 11.6 Å². The van der Waals surface area contributed by atoms with Crippen LogP contribution in [0.25, 0.3) is 0 Å². The number of hydrogen-bond acceptors (Lipinski definition) is 4. The normalized spacial score (nSPS) is 11.5. The minimum absolute atomic E-state index is 0.100. The quantitative estimate of drug-likeness (QED) is 0.819. The summed E-state index contributed by atoms with van der Waals surface area (Å²) in [5.74, 6) is -1.17. The fraction of sp³-hybridized carbons (Fsp3) is 0.133. The van der Waals surface area contributed by atoms with Crippen LogP contribution in [0.2, 0.25) is 5.02 Å². The van der Waals surface area contributed by atoms with Crippen molar-refractivity contribution in [3.05, 3.63) is 58.9 Å². The van der Waals surface area contributed by atoms with Gasteiger partial charge in [0.05, 0.1) is 17.0 Å². The smallest absolute Gasteiger partial charge is 0.264 e. The van der Waals surface area contributed by atoms with Crippen LogP contribution < -0.4 is 5.32 Å². The van der Waals surface area contributed by atoms with Crippen molar-refractivity contribution in [1.82, 2.24) is 4.47 Å². The number of carbonyl (C=O) groups excluding carboxylic acids is 1. The molecule has 6 nitrogen and oxygen atoms in total. The Hall–Kier alpha value is -2.00. The summed E-state index contributed by atoms with van der Waals surface area (Å²) in [7, 11) is -1.42. The number of halogens is 2. The third kappa shape index (κ3) is 3.90. The van der Waals surface area contributed by atoms with E-state index in [-0.39, 0.29) is 21.2 Å². The van der Waals surface area contributed by atoms with E-state index in [1.807, 2.05) is 0 Å². The molecule has 2 aromatic rings. The molecule has 9 heteroatoms. The molecule has 0 aliphatic carbocycles.